The van der Waals surface area contributed by atoms with Crippen LogP contribution in [0.1, 0.15) is 22.3 Å². The molecular weight excluding hydrogens is 175 g/mol. The molecule has 0 saturated carbocycles. The van der Waals surface area contributed by atoms with Gasteiger partial charge in [-0.2, -0.15) is 0 Å². The number of carboxylic acid groups (broad SMARTS) is 2. The molecule has 0 aliphatic rings. The minimum atomic E-state index is -1.38. The van der Waals surface area contributed by atoms with Crippen molar-refractivity contribution in [1.82, 2.24) is 0 Å². The van der Waals surface area contributed by atoms with Gasteiger partial charge in [0, 0.05) is 0 Å². The van der Waals surface area contributed by atoms with Crippen molar-refractivity contribution in [2.45, 2.75) is 0 Å². The Hall–Kier alpha value is -0.780. The molecule has 0 fully saturated rings. The number of hydrogen-bond donors (Lipinski definition) is 2. The first-order chi connectivity index (χ1) is 5.13. The quantitative estimate of drug-likeness (QED) is 0.504. The van der Waals surface area contributed by atoms with Crippen LogP contribution in [0.3, 0.4) is 0 Å². The van der Waals surface area contributed by atoms with E-state index in [0.717, 1.165) is 12.3 Å². The van der Waals surface area contributed by atoms with E-state index in [9.17, 15) is 9.59 Å². The molecule has 5 nitrogen and oxygen atoms in total. The Labute approximate surface area is 90.8 Å². The maximum absolute atomic E-state index is 10.3. The van der Waals surface area contributed by atoms with Gasteiger partial charge < -0.3 is 16.1 Å². The van der Waals surface area contributed by atoms with Crippen molar-refractivity contribution in [3.63, 3.8) is 0 Å². The van der Waals surface area contributed by atoms with Crippen molar-refractivity contribution in [2.24, 2.45) is 0 Å². The Morgan fingerprint density at radius 1 is 1.33 bits per heavy atom. The van der Waals surface area contributed by atoms with Crippen molar-refractivity contribution in [3.8, 4) is 0 Å². The first-order valence-electron chi connectivity index (χ1n) is 2.67. The second-order valence-electron chi connectivity index (χ2n) is 1.77. The molecule has 0 aliphatic heterocycles. The topological polar surface area (TPSA) is 87.7 Å². The Bertz CT molecular complexity index is 279. The summed E-state index contributed by atoms with van der Waals surface area (Å²) in [5, 5.41) is 16.7. The summed E-state index contributed by atoms with van der Waals surface area (Å²) in [4.78, 5) is 20.5. The number of aromatic carboxylic acids is 2. The molecule has 0 unspecified atom stereocenters. The fourth-order valence-electron chi connectivity index (χ4n) is 0.643. The van der Waals surface area contributed by atoms with Crippen molar-refractivity contribution in [1.29, 1.82) is 0 Å². The summed E-state index contributed by atoms with van der Waals surface area (Å²) in [6, 6.07) is 1.09. The van der Waals surface area contributed by atoms with Crippen LogP contribution < -0.4 is 29.6 Å². The van der Waals surface area contributed by atoms with Crippen LogP contribution in [0.4, 0.5) is 0 Å². The molecule has 0 spiro atoms. The van der Waals surface area contributed by atoms with E-state index < -0.39 is 17.7 Å². The molecular formula is C6H5NaO5. The van der Waals surface area contributed by atoms with Crippen LogP contribution in [0.15, 0.2) is 16.7 Å². The summed E-state index contributed by atoms with van der Waals surface area (Å²) >= 11 is 0. The first-order valence-corrected chi connectivity index (χ1v) is 2.67. The zero-order chi connectivity index (χ0) is 8.43. The molecule has 60 valence electrons. The number of hydrogen-bond acceptors (Lipinski definition) is 3. The third kappa shape index (κ3) is 2.10. The Morgan fingerprint density at radius 3 is 2.25 bits per heavy atom. The molecule has 6 heteroatoms. The van der Waals surface area contributed by atoms with Gasteiger partial charge in [-0.15, -0.1) is 0 Å². The zero-order valence-electron chi connectivity index (χ0n) is 7.27. The minimum Gasteiger partial charge on any atom is -1.00 e. The smallest absolute Gasteiger partial charge is 1.00 e. The SMILES string of the molecule is O=C(O)c1ccoc1C(=O)O.[H-].[Na+]. The Kier molecular flexibility index (Phi) is 4.02. The van der Waals surface area contributed by atoms with Crippen molar-refractivity contribution >= 4 is 11.9 Å². The second-order valence-corrected chi connectivity index (χ2v) is 1.77. The van der Waals surface area contributed by atoms with Gasteiger partial charge in [0.15, 0.2) is 0 Å². The molecule has 0 amide bonds. The standard InChI is InChI=1S/C6H4O5.Na.H/c7-5(8)3-1-2-11-4(3)6(9)10;;/h1-2H,(H,7,8)(H,9,10);;/q;+1;-1. The number of carboxylic acids is 2. The molecule has 0 atom stereocenters. The van der Waals surface area contributed by atoms with Crippen LogP contribution >= 0.6 is 0 Å². The average Bonchev–Trinajstić information content (AvgIpc) is 2.32. The average molecular weight is 180 g/mol. The molecule has 12 heavy (non-hydrogen) atoms. The van der Waals surface area contributed by atoms with Gasteiger partial charge in [0.1, 0.15) is 5.56 Å². The second kappa shape index (κ2) is 4.30. The van der Waals surface area contributed by atoms with E-state index in [1.165, 1.54) is 0 Å². The van der Waals surface area contributed by atoms with Crippen LogP contribution in [0.25, 0.3) is 0 Å². The fraction of sp³-hybridized carbons (Fsp3) is 0. The van der Waals surface area contributed by atoms with Crippen LogP contribution in [0.2, 0.25) is 0 Å². The monoisotopic (exact) mass is 180 g/mol. The van der Waals surface area contributed by atoms with E-state index in [2.05, 4.69) is 4.42 Å². The van der Waals surface area contributed by atoms with Gasteiger partial charge in [-0.1, -0.05) is 0 Å². The normalized spacial score (nSPS) is 8.67. The fourth-order valence-corrected chi connectivity index (χ4v) is 0.643. The molecule has 0 bridgehead atoms. The van der Waals surface area contributed by atoms with Gasteiger partial charge in [0.05, 0.1) is 6.26 Å². The summed E-state index contributed by atoms with van der Waals surface area (Å²) in [5.74, 6) is -3.24. The Morgan fingerprint density at radius 2 is 1.92 bits per heavy atom. The minimum absolute atomic E-state index is 0. The summed E-state index contributed by atoms with van der Waals surface area (Å²) in [6.45, 7) is 0. The van der Waals surface area contributed by atoms with Gasteiger partial charge in [-0.3, -0.25) is 0 Å². The van der Waals surface area contributed by atoms with E-state index in [-0.39, 0.29) is 36.5 Å². The van der Waals surface area contributed by atoms with Crippen LogP contribution in [-0.2, 0) is 0 Å². The van der Waals surface area contributed by atoms with Crippen molar-refractivity contribution < 1.29 is 55.2 Å². The molecule has 1 aromatic heterocycles. The van der Waals surface area contributed by atoms with Gasteiger partial charge in [0.25, 0.3) is 0 Å². The summed E-state index contributed by atoms with van der Waals surface area (Å²) in [5.41, 5.74) is -0.336. The van der Waals surface area contributed by atoms with Crippen LogP contribution in [0, 0.1) is 0 Å². The first kappa shape index (κ1) is 11.2. The van der Waals surface area contributed by atoms with Gasteiger partial charge in [0.2, 0.25) is 5.76 Å². The largest absolute Gasteiger partial charge is 1.00 e. The molecule has 0 aromatic carbocycles. The van der Waals surface area contributed by atoms with Gasteiger partial charge >= 0.3 is 41.5 Å². The van der Waals surface area contributed by atoms with E-state index in [1.54, 1.807) is 0 Å². The van der Waals surface area contributed by atoms with Crippen molar-refractivity contribution in [2.75, 3.05) is 0 Å². The van der Waals surface area contributed by atoms with Crippen LogP contribution in [0.5, 0.6) is 0 Å². The zero-order valence-corrected chi connectivity index (χ0v) is 8.27. The molecule has 0 aliphatic carbocycles. The summed E-state index contributed by atoms with van der Waals surface area (Å²) in [7, 11) is 0. The van der Waals surface area contributed by atoms with Crippen molar-refractivity contribution in [3.05, 3.63) is 23.7 Å². The van der Waals surface area contributed by atoms with Gasteiger partial charge in [-0.05, 0) is 6.07 Å². The van der Waals surface area contributed by atoms with E-state index in [4.69, 9.17) is 10.2 Å². The number of furan rings is 1. The predicted octanol–water partition coefficient (Wildman–Crippen LogP) is -2.21. The van der Waals surface area contributed by atoms with E-state index >= 15 is 0 Å². The molecule has 0 saturated heterocycles. The Balaban J connectivity index is 0. The van der Waals surface area contributed by atoms with E-state index in [0.29, 0.717) is 0 Å². The molecule has 2 N–H and O–H groups in total. The molecule has 1 rings (SSSR count). The predicted molar refractivity (Wildman–Crippen MR) is 33.7 cm³/mol. The molecule has 1 aromatic rings. The van der Waals surface area contributed by atoms with Gasteiger partial charge in [-0.25, -0.2) is 9.59 Å². The third-order valence-electron chi connectivity index (χ3n) is 1.09. The van der Waals surface area contributed by atoms with E-state index in [1.807, 2.05) is 0 Å². The number of rotatable bonds is 2. The molecule has 0 radical (unpaired) electrons. The van der Waals surface area contributed by atoms with Crippen LogP contribution in [-0.4, -0.2) is 22.2 Å². The summed E-state index contributed by atoms with van der Waals surface area (Å²) < 4.78 is 4.41. The maximum Gasteiger partial charge on any atom is 1.00 e. The maximum atomic E-state index is 10.3. The third-order valence-corrected chi connectivity index (χ3v) is 1.09. The molecule has 1 heterocycles. The number of carbonyl (C=O) groups is 2. The summed E-state index contributed by atoms with van der Waals surface area (Å²) in [6.07, 6.45) is 1.02.